The fourth-order valence-electron chi connectivity index (χ4n) is 1.19. The summed E-state index contributed by atoms with van der Waals surface area (Å²) in [6, 6.07) is 10.7. The standard InChI is InChI=1S/C10H7NO2.CH4N2O/c12-10(13)9-6-5-7-3-1-2-4-8(7)11-9;2-3-1-4/h1-6H,(H,12,13);1H,2H2,(H,3,4). The Bertz CT molecular complexity index is 528. The van der Waals surface area contributed by atoms with Crippen molar-refractivity contribution in [3.05, 3.63) is 42.1 Å². The molecule has 0 atom stereocenters. The highest BCUT2D eigenvalue weighted by atomic mass is 16.4. The molecule has 6 heteroatoms. The van der Waals surface area contributed by atoms with Crippen molar-refractivity contribution in [2.45, 2.75) is 0 Å². The number of carbonyl (C=O) groups excluding carboxylic acids is 1. The van der Waals surface area contributed by atoms with Crippen LogP contribution in [0.3, 0.4) is 0 Å². The molecule has 0 aliphatic rings. The summed E-state index contributed by atoms with van der Waals surface area (Å²) >= 11 is 0. The molecule has 2 rings (SSSR count). The SMILES string of the molecule is NNC=O.O=C(O)c1ccc2ccccc2n1. The molecule has 0 spiro atoms. The molecule has 17 heavy (non-hydrogen) atoms. The molecule has 0 aliphatic carbocycles. The third-order valence-corrected chi connectivity index (χ3v) is 1.89. The second-order valence-corrected chi connectivity index (χ2v) is 2.98. The van der Waals surface area contributed by atoms with Crippen LogP contribution in [0.2, 0.25) is 0 Å². The van der Waals surface area contributed by atoms with Gasteiger partial charge in [-0.1, -0.05) is 24.3 Å². The zero-order valence-corrected chi connectivity index (χ0v) is 8.83. The fraction of sp³-hybridized carbons (Fsp3) is 0. The van der Waals surface area contributed by atoms with Gasteiger partial charge in [-0.15, -0.1) is 0 Å². The van der Waals surface area contributed by atoms with Crippen LogP contribution < -0.4 is 11.3 Å². The van der Waals surface area contributed by atoms with Crippen LogP contribution in [0.25, 0.3) is 10.9 Å². The molecule has 4 N–H and O–H groups in total. The largest absolute Gasteiger partial charge is 0.477 e. The van der Waals surface area contributed by atoms with E-state index in [-0.39, 0.29) is 5.69 Å². The number of amides is 1. The van der Waals surface area contributed by atoms with Crippen molar-refractivity contribution in [3.8, 4) is 0 Å². The number of hydrogen-bond acceptors (Lipinski definition) is 4. The number of carboxylic acid groups (broad SMARTS) is 1. The molecule has 0 aliphatic heterocycles. The Morgan fingerprint density at radius 2 is 1.94 bits per heavy atom. The molecule has 1 aromatic heterocycles. The van der Waals surface area contributed by atoms with Gasteiger partial charge in [0.15, 0.2) is 0 Å². The number of aromatic nitrogens is 1. The van der Waals surface area contributed by atoms with Gasteiger partial charge in [0.2, 0.25) is 6.41 Å². The number of nitrogens with one attached hydrogen (secondary N) is 1. The minimum absolute atomic E-state index is 0.0821. The normalized spacial score (nSPS) is 9.00. The lowest BCUT2D eigenvalue weighted by molar-refractivity contribution is -0.109. The van der Waals surface area contributed by atoms with Gasteiger partial charge in [-0.25, -0.2) is 15.6 Å². The number of carboxylic acids is 1. The molecule has 0 bridgehead atoms. The lowest BCUT2D eigenvalue weighted by Gasteiger charge is -1.97. The quantitative estimate of drug-likeness (QED) is 0.304. The van der Waals surface area contributed by atoms with Crippen LogP contribution in [-0.2, 0) is 4.79 Å². The first-order valence-electron chi connectivity index (χ1n) is 4.68. The van der Waals surface area contributed by atoms with Gasteiger partial charge in [0.25, 0.3) is 0 Å². The van der Waals surface area contributed by atoms with Gasteiger partial charge >= 0.3 is 5.97 Å². The monoisotopic (exact) mass is 233 g/mol. The fourth-order valence-corrected chi connectivity index (χ4v) is 1.19. The average molecular weight is 233 g/mol. The van der Waals surface area contributed by atoms with E-state index in [4.69, 9.17) is 9.90 Å². The van der Waals surface area contributed by atoms with Crippen molar-refractivity contribution >= 4 is 23.3 Å². The average Bonchev–Trinajstić information content (AvgIpc) is 2.38. The highest BCUT2D eigenvalue weighted by molar-refractivity contribution is 5.89. The number of para-hydroxylation sites is 1. The van der Waals surface area contributed by atoms with Crippen LogP contribution >= 0.6 is 0 Å². The van der Waals surface area contributed by atoms with Crippen LogP contribution in [0.4, 0.5) is 0 Å². The number of carbonyl (C=O) groups is 2. The second-order valence-electron chi connectivity index (χ2n) is 2.98. The van der Waals surface area contributed by atoms with E-state index in [9.17, 15) is 4.79 Å². The maximum absolute atomic E-state index is 10.6. The van der Waals surface area contributed by atoms with Gasteiger partial charge in [0, 0.05) is 5.39 Å². The smallest absolute Gasteiger partial charge is 0.354 e. The van der Waals surface area contributed by atoms with Crippen LogP contribution in [-0.4, -0.2) is 22.5 Å². The summed E-state index contributed by atoms with van der Waals surface area (Å²) in [5.41, 5.74) is 2.54. The third-order valence-electron chi connectivity index (χ3n) is 1.89. The number of fused-ring (bicyclic) bond motifs is 1. The molecule has 1 aromatic carbocycles. The number of hydrogen-bond donors (Lipinski definition) is 3. The summed E-state index contributed by atoms with van der Waals surface area (Å²) in [7, 11) is 0. The van der Waals surface area contributed by atoms with E-state index in [1.54, 1.807) is 17.6 Å². The maximum atomic E-state index is 10.6. The molecule has 0 saturated carbocycles. The van der Waals surface area contributed by atoms with Gasteiger partial charge < -0.3 is 5.11 Å². The highest BCUT2D eigenvalue weighted by Crippen LogP contribution is 2.11. The molecule has 0 fully saturated rings. The van der Waals surface area contributed by atoms with Crippen LogP contribution in [0.5, 0.6) is 0 Å². The molecule has 0 saturated heterocycles. The number of aromatic carboxylic acids is 1. The number of nitrogens with two attached hydrogens (primary N) is 1. The Labute approximate surface area is 97.0 Å². The van der Waals surface area contributed by atoms with Crippen LogP contribution in [0, 0.1) is 0 Å². The van der Waals surface area contributed by atoms with E-state index < -0.39 is 5.97 Å². The molecule has 2 aromatic rings. The maximum Gasteiger partial charge on any atom is 0.354 e. The number of nitrogens with zero attached hydrogens (tertiary/aromatic N) is 1. The van der Waals surface area contributed by atoms with Gasteiger partial charge in [-0.2, -0.15) is 0 Å². The number of benzene rings is 1. The lowest BCUT2D eigenvalue weighted by atomic mass is 10.2. The van der Waals surface area contributed by atoms with Gasteiger partial charge in [0.1, 0.15) is 5.69 Å². The molecule has 1 heterocycles. The predicted octanol–water partition coefficient (Wildman–Crippen LogP) is 0.539. The Morgan fingerprint density at radius 1 is 1.29 bits per heavy atom. The van der Waals surface area contributed by atoms with E-state index in [0.29, 0.717) is 11.9 Å². The summed E-state index contributed by atoms with van der Waals surface area (Å²) in [5.74, 6) is 3.42. The minimum Gasteiger partial charge on any atom is -0.477 e. The van der Waals surface area contributed by atoms with Gasteiger partial charge in [-0.05, 0) is 12.1 Å². The Morgan fingerprint density at radius 3 is 2.53 bits per heavy atom. The zero-order valence-electron chi connectivity index (χ0n) is 8.83. The van der Waals surface area contributed by atoms with Crippen molar-refractivity contribution in [1.29, 1.82) is 0 Å². The van der Waals surface area contributed by atoms with Crippen molar-refractivity contribution < 1.29 is 14.7 Å². The molecule has 6 nitrogen and oxygen atoms in total. The molecule has 0 radical (unpaired) electrons. The summed E-state index contributed by atoms with van der Waals surface area (Å²) in [5, 5.41) is 9.63. The molecular formula is C11H11N3O3. The number of pyridine rings is 1. The second kappa shape index (κ2) is 6.19. The van der Waals surface area contributed by atoms with E-state index >= 15 is 0 Å². The number of rotatable bonds is 2. The van der Waals surface area contributed by atoms with E-state index in [2.05, 4.69) is 10.8 Å². The summed E-state index contributed by atoms with van der Waals surface area (Å²) in [6.07, 6.45) is 0.403. The first kappa shape index (κ1) is 12.6. The Kier molecular flexibility index (Phi) is 4.58. The van der Waals surface area contributed by atoms with E-state index in [1.807, 2.05) is 18.2 Å². The number of hydrazine groups is 1. The van der Waals surface area contributed by atoms with Crippen molar-refractivity contribution in [2.75, 3.05) is 0 Å². The minimum atomic E-state index is -0.995. The van der Waals surface area contributed by atoms with Crippen molar-refractivity contribution in [1.82, 2.24) is 10.4 Å². The molecule has 0 unspecified atom stereocenters. The van der Waals surface area contributed by atoms with E-state index in [0.717, 1.165) is 5.39 Å². The van der Waals surface area contributed by atoms with Gasteiger partial charge in [0.05, 0.1) is 5.52 Å². The van der Waals surface area contributed by atoms with Crippen LogP contribution in [0.1, 0.15) is 10.5 Å². The predicted molar refractivity (Wildman–Crippen MR) is 62.1 cm³/mol. The molecular weight excluding hydrogens is 222 g/mol. The lowest BCUT2D eigenvalue weighted by Crippen LogP contribution is -2.18. The Hall–Kier alpha value is -2.47. The van der Waals surface area contributed by atoms with E-state index in [1.165, 1.54) is 6.07 Å². The summed E-state index contributed by atoms with van der Waals surface area (Å²) in [4.78, 5) is 23.5. The summed E-state index contributed by atoms with van der Waals surface area (Å²) in [6.45, 7) is 0. The van der Waals surface area contributed by atoms with Crippen molar-refractivity contribution in [3.63, 3.8) is 0 Å². The molecule has 1 amide bonds. The van der Waals surface area contributed by atoms with Crippen LogP contribution in [0.15, 0.2) is 36.4 Å². The zero-order chi connectivity index (χ0) is 12.7. The van der Waals surface area contributed by atoms with Crippen molar-refractivity contribution in [2.24, 2.45) is 5.84 Å². The topological polar surface area (TPSA) is 105 Å². The highest BCUT2D eigenvalue weighted by Gasteiger charge is 2.03. The summed E-state index contributed by atoms with van der Waals surface area (Å²) < 4.78 is 0. The third kappa shape index (κ3) is 3.54. The first-order valence-corrected chi connectivity index (χ1v) is 4.68. The first-order chi connectivity index (χ1) is 8.19. The molecule has 88 valence electrons. The Balaban J connectivity index is 0.000000317. The van der Waals surface area contributed by atoms with Gasteiger partial charge in [-0.3, -0.25) is 10.2 Å².